The van der Waals surface area contributed by atoms with Crippen LogP contribution in [0.5, 0.6) is 0 Å². The molecule has 0 spiro atoms. The molecular formula is C24H23N3OS. The van der Waals surface area contributed by atoms with Gasteiger partial charge in [-0.25, -0.2) is 4.98 Å². The summed E-state index contributed by atoms with van der Waals surface area (Å²) in [5.74, 6) is -0.158. The topological polar surface area (TPSA) is 54.9 Å². The molecule has 0 fully saturated rings. The van der Waals surface area contributed by atoms with E-state index in [0.29, 0.717) is 10.7 Å². The molecule has 0 aliphatic carbocycles. The number of thiazole rings is 1. The molecule has 0 saturated carbocycles. The smallest absolute Gasteiger partial charge is 0.257 e. The molecule has 29 heavy (non-hydrogen) atoms. The average Bonchev–Trinajstić information content (AvgIpc) is 3.17. The quantitative estimate of drug-likeness (QED) is 0.367. The first kappa shape index (κ1) is 19.3. The second kappa shape index (κ2) is 8.97. The number of anilines is 1. The number of aromatic nitrogens is 2. The summed E-state index contributed by atoms with van der Waals surface area (Å²) in [6.07, 6.45) is 6.72. The molecule has 2 aromatic carbocycles. The molecule has 0 saturated heterocycles. The standard InChI is InChI=1S/C24H23N3OS/c1-2-3-4-7-17-10-15-20(25-16-17)18-11-13-19(14-12-18)23(28)27-24-26-21-8-5-6-9-22(21)29-24/h5-6,8-16H,2-4,7H2,1H3,(H,26,27,28). The number of benzene rings is 2. The molecule has 1 amide bonds. The highest BCUT2D eigenvalue weighted by Gasteiger charge is 2.10. The Morgan fingerprint density at radius 3 is 2.55 bits per heavy atom. The largest absolute Gasteiger partial charge is 0.298 e. The number of carbonyl (C=O) groups excluding carboxylic acids is 1. The second-order valence-corrected chi connectivity index (χ2v) is 8.06. The number of nitrogens with zero attached hydrogens (tertiary/aromatic N) is 2. The number of aryl methyl sites for hydroxylation is 1. The maximum atomic E-state index is 12.5. The molecule has 4 nitrogen and oxygen atoms in total. The zero-order chi connectivity index (χ0) is 20.1. The van der Waals surface area contributed by atoms with Gasteiger partial charge in [0.15, 0.2) is 5.13 Å². The van der Waals surface area contributed by atoms with Crippen LogP contribution in [0.25, 0.3) is 21.5 Å². The first-order valence-electron chi connectivity index (χ1n) is 9.95. The Bertz CT molecular complexity index is 1070. The van der Waals surface area contributed by atoms with Crippen LogP contribution in [0.15, 0.2) is 66.9 Å². The van der Waals surface area contributed by atoms with Crippen LogP contribution < -0.4 is 5.32 Å². The lowest BCUT2D eigenvalue weighted by molar-refractivity contribution is 0.102. The number of rotatable bonds is 7. The van der Waals surface area contributed by atoms with Gasteiger partial charge in [0.25, 0.3) is 5.91 Å². The van der Waals surface area contributed by atoms with Crippen LogP contribution in [0.1, 0.15) is 42.1 Å². The molecule has 0 aliphatic rings. The van der Waals surface area contributed by atoms with Gasteiger partial charge in [-0.2, -0.15) is 0 Å². The number of pyridine rings is 1. The van der Waals surface area contributed by atoms with E-state index in [1.807, 2.05) is 54.7 Å². The van der Waals surface area contributed by atoms with Crippen molar-refractivity contribution in [3.8, 4) is 11.3 Å². The van der Waals surface area contributed by atoms with E-state index in [1.54, 1.807) is 0 Å². The molecule has 0 aliphatic heterocycles. The maximum absolute atomic E-state index is 12.5. The van der Waals surface area contributed by atoms with E-state index in [9.17, 15) is 4.79 Å². The van der Waals surface area contributed by atoms with Crippen LogP contribution in [0.2, 0.25) is 0 Å². The van der Waals surface area contributed by atoms with E-state index in [-0.39, 0.29) is 5.91 Å². The lowest BCUT2D eigenvalue weighted by Crippen LogP contribution is -2.11. The molecule has 4 aromatic rings. The van der Waals surface area contributed by atoms with Gasteiger partial charge < -0.3 is 0 Å². The van der Waals surface area contributed by atoms with Crippen molar-refractivity contribution in [2.24, 2.45) is 0 Å². The third kappa shape index (κ3) is 4.69. The predicted octanol–water partition coefficient (Wildman–Crippen LogP) is 6.34. The zero-order valence-electron chi connectivity index (χ0n) is 16.4. The first-order valence-corrected chi connectivity index (χ1v) is 10.8. The van der Waals surface area contributed by atoms with Gasteiger partial charge in [-0.15, -0.1) is 0 Å². The van der Waals surface area contributed by atoms with Crippen LogP contribution in [0.4, 0.5) is 5.13 Å². The van der Waals surface area contributed by atoms with E-state index < -0.39 is 0 Å². The van der Waals surface area contributed by atoms with Gasteiger partial charge in [0, 0.05) is 17.3 Å². The van der Waals surface area contributed by atoms with Crippen molar-refractivity contribution in [1.29, 1.82) is 0 Å². The molecule has 1 N–H and O–H groups in total. The average molecular weight is 402 g/mol. The second-order valence-electron chi connectivity index (χ2n) is 7.03. The van der Waals surface area contributed by atoms with Gasteiger partial charge in [-0.1, -0.05) is 61.4 Å². The highest BCUT2D eigenvalue weighted by atomic mass is 32.1. The van der Waals surface area contributed by atoms with Gasteiger partial charge >= 0.3 is 0 Å². The number of fused-ring (bicyclic) bond motifs is 1. The number of nitrogens with one attached hydrogen (secondary N) is 1. The van der Waals surface area contributed by atoms with Gasteiger partial charge in [-0.05, 0) is 48.7 Å². The number of carbonyl (C=O) groups is 1. The zero-order valence-corrected chi connectivity index (χ0v) is 17.2. The maximum Gasteiger partial charge on any atom is 0.257 e. The van der Waals surface area contributed by atoms with Crippen molar-refractivity contribution in [3.05, 3.63) is 78.0 Å². The lowest BCUT2D eigenvalue weighted by Gasteiger charge is -2.05. The summed E-state index contributed by atoms with van der Waals surface area (Å²) in [5, 5.41) is 3.50. The minimum absolute atomic E-state index is 0.158. The molecule has 2 aromatic heterocycles. The highest BCUT2D eigenvalue weighted by Crippen LogP contribution is 2.26. The Morgan fingerprint density at radius 1 is 1.00 bits per heavy atom. The number of amides is 1. The first-order chi connectivity index (χ1) is 14.2. The lowest BCUT2D eigenvalue weighted by atomic mass is 10.1. The van der Waals surface area contributed by atoms with Gasteiger partial charge in [-0.3, -0.25) is 15.1 Å². The van der Waals surface area contributed by atoms with Gasteiger partial charge in [0.05, 0.1) is 15.9 Å². The summed E-state index contributed by atoms with van der Waals surface area (Å²) >= 11 is 1.48. The molecule has 0 atom stereocenters. The molecule has 4 rings (SSSR count). The monoisotopic (exact) mass is 401 g/mol. The van der Waals surface area contributed by atoms with Crippen molar-refractivity contribution < 1.29 is 4.79 Å². The van der Waals surface area contributed by atoms with Crippen molar-refractivity contribution in [2.45, 2.75) is 32.6 Å². The summed E-state index contributed by atoms with van der Waals surface area (Å²) in [6, 6.07) is 19.6. The van der Waals surface area contributed by atoms with Crippen molar-refractivity contribution in [2.75, 3.05) is 5.32 Å². The molecule has 146 valence electrons. The summed E-state index contributed by atoms with van der Waals surface area (Å²) in [5.41, 5.74) is 4.69. The highest BCUT2D eigenvalue weighted by molar-refractivity contribution is 7.22. The number of para-hydroxylation sites is 1. The molecule has 0 bridgehead atoms. The fourth-order valence-electron chi connectivity index (χ4n) is 3.21. The Kier molecular flexibility index (Phi) is 5.96. The minimum Gasteiger partial charge on any atom is -0.298 e. The van der Waals surface area contributed by atoms with Crippen molar-refractivity contribution >= 4 is 32.6 Å². The Morgan fingerprint density at radius 2 is 1.83 bits per heavy atom. The van der Waals surface area contributed by atoms with Crippen LogP contribution in [-0.2, 0) is 6.42 Å². The van der Waals surface area contributed by atoms with Gasteiger partial charge in [0.1, 0.15) is 0 Å². The summed E-state index contributed by atoms with van der Waals surface area (Å²) in [6.45, 7) is 2.21. The van der Waals surface area contributed by atoms with E-state index in [1.165, 1.54) is 36.2 Å². The summed E-state index contributed by atoms with van der Waals surface area (Å²) in [7, 11) is 0. The van der Waals surface area contributed by atoms with E-state index >= 15 is 0 Å². The summed E-state index contributed by atoms with van der Waals surface area (Å²) in [4.78, 5) is 21.6. The van der Waals surface area contributed by atoms with Crippen LogP contribution >= 0.6 is 11.3 Å². The summed E-state index contributed by atoms with van der Waals surface area (Å²) < 4.78 is 1.06. The number of hydrogen-bond acceptors (Lipinski definition) is 4. The third-order valence-corrected chi connectivity index (χ3v) is 5.80. The fourth-order valence-corrected chi connectivity index (χ4v) is 4.07. The molecule has 0 radical (unpaired) electrons. The SMILES string of the molecule is CCCCCc1ccc(-c2ccc(C(=O)Nc3nc4ccccc4s3)cc2)nc1. The van der Waals surface area contributed by atoms with Crippen LogP contribution in [0.3, 0.4) is 0 Å². The van der Waals surface area contributed by atoms with Crippen LogP contribution in [-0.4, -0.2) is 15.9 Å². The molecule has 0 unspecified atom stereocenters. The normalized spacial score (nSPS) is 10.9. The Balaban J connectivity index is 1.42. The molecule has 5 heteroatoms. The Labute approximate surface area is 174 Å². The van der Waals surface area contributed by atoms with Crippen molar-refractivity contribution in [1.82, 2.24) is 9.97 Å². The van der Waals surface area contributed by atoms with Crippen molar-refractivity contribution in [3.63, 3.8) is 0 Å². The van der Waals surface area contributed by atoms with E-state index in [0.717, 1.165) is 27.9 Å². The number of hydrogen-bond donors (Lipinski definition) is 1. The molecular weight excluding hydrogens is 378 g/mol. The molecule has 2 heterocycles. The van der Waals surface area contributed by atoms with Gasteiger partial charge in [0.2, 0.25) is 0 Å². The number of unbranched alkanes of at least 4 members (excludes halogenated alkanes) is 2. The minimum atomic E-state index is -0.158. The van der Waals surface area contributed by atoms with E-state index in [4.69, 9.17) is 0 Å². The predicted molar refractivity (Wildman–Crippen MR) is 120 cm³/mol. The Hall–Kier alpha value is -3.05. The van der Waals surface area contributed by atoms with Crippen LogP contribution in [0, 0.1) is 0 Å². The van der Waals surface area contributed by atoms with E-state index in [2.05, 4.69) is 34.3 Å². The third-order valence-electron chi connectivity index (χ3n) is 4.85. The fraction of sp³-hybridized carbons (Fsp3) is 0.208.